The van der Waals surface area contributed by atoms with Crippen LogP contribution in [0.25, 0.3) is 98.2 Å². The molecule has 0 atom stereocenters. The highest BCUT2D eigenvalue weighted by Gasteiger charge is 2.16. The Morgan fingerprint density at radius 3 is 1.73 bits per heavy atom. The molecular weight excluding hydrogens is 607 g/mol. The number of nitrogens with zero attached hydrogens (tertiary/aromatic N) is 3. The number of hydrogen-bond acceptors (Lipinski definition) is 5. The third-order valence-electron chi connectivity index (χ3n) is 9.12. The van der Waals surface area contributed by atoms with Crippen LogP contribution in [0.4, 0.5) is 0 Å². The molecule has 0 aliphatic rings. The zero-order chi connectivity index (χ0) is 31.6. The number of furan rings is 1. The van der Waals surface area contributed by atoms with Crippen molar-refractivity contribution >= 4 is 64.2 Å². The summed E-state index contributed by atoms with van der Waals surface area (Å²) in [6, 6.07) is 52.9. The van der Waals surface area contributed by atoms with Crippen molar-refractivity contribution in [1.82, 2.24) is 15.0 Å². The van der Waals surface area contributed by atoms with Gasteiger partial charge in [-0.1, -0.05) is 97.1 Å². The Bertz CT molecular complexity index is 2850. The highest BCUT2D eigenvalue weighted by atomic mass is 32.1. The summed E-state index contributed by atoms with van der Waals surface area (Å²) in [5, 5.41) is 7.06. The number of fused-ring (bicyclic) bond motifs is 7. The molecule has 0 spiro atoms. The van der Waals surface area contributed by atoms with Crippen molar-refractivity contribution in [3.05, 3.63) is 152 Å². The maximum atomic E-state index is 6.50. The first-order valence-electron chi connectivity index (χ1n) is 15.9. The molecule has 0 aliphatic heterocycles. The molecule has 0 amide bonds. The highest BCUT2D eigenvalue weighted by Crippen LogP contribution is 2.38. The van der Waals surface area contributed by atoms with Crippen LogP contribution in [0.3, 0.4) is 0 Å². The van der Waals surface area contributed by atoms with Crippen LogP contribution in [-0.2, 0) is 0 Å². The van der Waals surface area contributed by atoms with Crippen molar-refractivity contribution in [1.29, 1.82) is 0 Å². The number of hydrogen-bond donors (Lipinski definition) is 0. The summed E-state index contributed by atoms with van der Waals surface area (Å²) in [7, 11) is 0. The molecule has 3 aromatic heterocycles. The predicted molar refractivity (Wildman–Crippen MR) is 199 cm³/mol. The van der Waals surface area contributed by atoms with Gasteiger partial charge in [0.05, 0.1) is 0 Å². The van der Waals surface area contributed by atoms with Gasteiger partial charge in [0.1, 0.15) is 11.2 Å². The Morgan fingerprint density at radius 1 is 0.354 bits per heavy atom. The summed E-state index contributed by atoms with van der Waals surface area (Å²) in [6.07, 6.45) is 0. The van der Waals surface area contributed by atoms with E-state index >= 15 is 0 Å². The molecule has 10 aromatic rings. The zero-order valence-corrected chi connectivity index (χ0v) is 26.4. The minimum absolute atomic E-state index is 0.605. The van der Waals surface area contributed by atoms with Crippen LogP contribution in [0, 0.1) is 0 Å². The predicted octanol–water partition coefficient (Wildman–Crippen LogP) is 12.0. The lowest BCUT2D eigenvalue weighted by Gasteiger charge is -2.08. The van der Waals surface area contributed by atoms with Gasteiger partial charge in [-0.2, -0.15) is 0 Å². The Balaban J connectivity index is 1.10. The number of rotatable bonds is 4. The van der Waals surface area contributed by atoms with E-state index in [1.165, 1.54) is 30.9 Å². The Labute approximate surface area is 279 Å². The lowest BCUT2D eigenvalue weighted by atomic mass is 10.00. The standard InChI is InChI=1S/C43H25N3OS/c1-2-9-27(10-3-1)41-44-42(31-18-21-40-36(23-31)35-12-6-7-13-39(35)48-40)46-43(45-41)32-17-20-34-33-19-16-30(24-37(33)47-38(34)25-32)29-15-14-26-8-4-5-11-28(26)22-29/h1-25H. The molecule has 224 valence electrons. The lowest BCUT2D eigenvalue weighted by Crippen LogP contribution is -2.00. The van der Waals surface area contributed by atoms with Gasteiger partial charge in [-0.05, 0) is 76.5 Å². The number of aromatic nitrogens is 3. The lowest BCUT2D eigenvalue weighted by molar-refractivity contribution is 0.669. The third kappa shape index (κ3) is 4.48. The molecule has 48 heavy (non-hydrogen) atoms. The molecule has 0 N–H and O–H groups in total. The second-order valence-electron chi connectivity index (χ2n) is 12.1. The van der Waals surface area contributed by atoms with E-state index in [1.54, 1.807) is 11.3 Å². The van der Waals surface area contributed by atoms with Gasteiger partial charge in [0, 0.05) is 47.6 Å². The molecule has 0 saturated heterocycles. The molecule has 10 rings (SSSR count). The van der Waals surface area contributed by atoms with Crippen molar-refractivity contribution in [3.8, 4) is 45.3 Å². The summed E-state index contributed by atoms with van der Waals surface area (Å²) in [4.78, 5) is 15.0. The number of thiophene rings is 1. The van der Waals surface area contributed by atoms with Crippen molar-refractivity contribution in [2.24, 2.45) is 0 Å². The van der Waals surface area contributed by atoms with E-state index in [-0.39, 0.29) is 0 Å². The average molecular weight is 632 g/mol. The maximum Gasteiger partial charge on any atom is 0.164 e. The largest absolute Gasteiger partial charge is 0.456 e. The van der Waals surface area contributed by atoms with Crippen molar-refractivity contribution in [2.75, 3.05) is 0 Å². The molecule has 4 nitrogen and oxygen atoms in total. The van der Waals surface area contributed by atoms with E-state index in [9.17, 15) is 0 Å². The normalized spacial score (nSPS) is 11.8. The summed E-state index contributed by atoms with van der Waals surface area (Å²) < 4.78 is 9.02. The van der Waals surface area contributed by atoms with E-state index in [2.05, 4.69) is 121 Å². The average Bonchev–Trinajstić information content (AvgIpc) is 3.72. The summed E-state index contributed by atoms with van der Waals surface area (Å²) in [5.74, 6) is 1.88. The molecule has 7 aromatic carbocycles. The van der Waals surface area contributed by atoms with E-state index < -0.39 is 0 Å². The van der Waals surface area contributed by atoms with E-state index in [0.717, 1.165) is 49.8 Å². The fourth-order valence-corrected chi connectivity index (χ4v) is 7.77. The quantitative estimate of drug-likeness (QED) is 0.194. The Morgan fingerprint density at radius 2 is 0.917 bits per heavy atom. The van der Waals surface area contributed by atoms with Crippen molar-refractivity contribution in [3.63, 3.8) is 0 Å². The topological polar surface area (TPSA) is 51.8 Å². The van der Waals surface area contributed by atoms with Crippen LogP contribution in [0.1, 0.15) is 0 Å². The third-order valence-corrected chi connectivity index (χ3v) is 10.3. The van der Waals surface area contributed by atoms with Crippen LogP contribution < -0.4 is 0 Å². The van der Waals surface area contributed by atoms with E-state index in [0.29, 0.717) is 17.5 Å². The smallest absolute Gasteiger partial charge is 0.164 e. The van der Waals surface area contributed by atoms with Crippen molar-refractivity contribution < 1.29 is 4.42 Å². The Hall–Kier alpha value is -6.17. The van der Waals surface area contributed by atoms with E-state index in [4.69, 9.17) is 19.4 Å². The summed E-state index contributed by atoms with van der Waals surface area (Å²) >= 11 is 1.80. The molecule has 3 heterocycles. The Kier molecular flexibility index (Phi) is 6.01. The van der Waals surface area contributed by atoms with Gasteiger partial charge in [-0.25, -0.2) is 15.0 Å². The fraction of sp³-hybridized carbons (Fsp3) is 0. The first-order chi connectivity index (χ1) is 23.7. The minimum Gasteiger partial charge on any atom is -0.456 e. The first-order valence-corrected chi connectivity index (χ1v) is 16.7. The second-order valence-corrected chi connectivity index (χ2v) is 13.2. The summed E-state index contributed by atoms with van der Waals surface area (Å²) in [5.41, 5.74) is 6.71. The van der Waals surface area contributed by atoms with Gasteiger partial charge in [-0.15, -0.1) is 11.3 Å². The minimum atomic E-state index is 0.605. The monoisotopic (exact) mass is 631 g/mol. The second kappa shape index (κ2) is 10.7. The molecule has 0 aliphatic carbocycles. The van der Waals surface area contributed by atoms with Crippen LogP contribution >= 0.6 is 11.3 Å². The van der Waals surface area contributed by atoms with Crippen LogP contribution in [0.2, 0.25) is 0 Å². The molecule has 0 fully saturated rings. The molecule has 5 heteroatoms. The van der Waals surface area contributed by atoms with Crippen LogP contribution in [0.15, 0.2) is 156 Å². The van der Waals surface area contributed by atoms with E-state index in [1.807, 2.05) is 30.3 Å². The van der Waals surface area contributed by atoms with Crippen molar-refractivity contribution in [2.45, 2.75) is 0 Å². The molecule has 0 saturated carbocycles. The highest BCUT2D eigenvalue weighted by molar-refractivity contribution is 7.25. The first kappa shape index (κ1) is 27.0. The zero-order valence-electron chi connectivity index (χ0n) is 25.6. The van der Waals surface area contributed by atoms with Gasteiger partial charge in [0.2, 0.25) is 0 Å². The molecule has 0 unspecified atom stereocenters. The molecule has 0 radical (unpaired) electrons. The molecule has 0 bridgehead atoms. The van der Waals surface area contributed by atoms with Gasteiger partial charge < -0.3 is 4.42 Å². The SMILES string of the molecule is c1ccc(-c2nc(-c3ccc4c(c3)oc3cc(-c5ccc6ccccc6c5)ccc34)nc(-c3ccc4sc5ccccc5c4c3)n2)cc1. The summed E-state index contributed by atoms with van der Waals surface area (Å²) in [6.45, 7) is 0. The number of benzene rings is 7. The van der Waals surface area contributed by atoms with Crippen LogP contribution in [-0.4, -0.2) is 15.0 Å². The maximum absolute atomic E-state index is 6.50. The van der Waals surface area contributed by atoms with Gasteiger partial charge in [0.15, 0.2) is 17.5 Å². The van der Waals surface area contributed by atoms with Crippen LogP contribution in [0.5, 0.6) is 0 Å². The molecular formula is C43H25N3OS. The van der Waals surface area contributed by atoms with Gasteiger partial charge in [0.25, 0.3) is 0 Å². The fourth-order valence-electron chi connectivity index (χ4n) is 6.68. The van der Waals surface area contributed by atoms with Gasteiger partial charge in [-0.3, -0.25) is 0 Å². The van der Waals surface area contributed by atoms with Gasteiger partial charge >= 0.3 is 0 Å².